The molecule has 0 heterocycles. The van der Waals surface area contributed by atoms with Gasteiger partial charge in [-0.25, -0.2) is 0 Å². The van der Waals surface area contributed by atoms with Gasteiger partial charge < -0.3 is 0 Å². The molecule has 0 fully saturated rings. The maximum absolute atomic E-state index is 2.69. The minimum absolute atomic E-state index is 0.0143. The molecule has 0 aromatic heterocycles. The van der Waals surface area contributed by atoms with Crippen LogP contribution in [0.4, 0.5) is 0 Å². The third-order valence-electron chi connectivity index (χ3n) is 19.1. The molecule has 0 amide bonds. The maximum atomic E-state index is 2.69. The first kappa shape index (κ1) is 51.5. The number of rotatable bonds is 0. The molecule has 0 aliphatic carbocycles. The van der Waals surface area contributed by atoms with Crippen LogP contribution in [0.25, 0.3) is 129 Å². The molecule has 13 aromatic carbocycles. The lowest BCUT2D eigenvalue weighted by molar-refractivity contribution is 0.572. The van der Waals surface area contributed by atoms with Crippen molar-refractivity contribution >= 4 is 129 Å². The van der Waals surface area contributed by atoms with E-state index in [1.54, 1.807) is 0 Å². The van der Waals surface area contributed by atoms with Gasteiger partial charge in [0.2, 0.25) is 0 Å². The van der Waals surface area contributed by atoms with Gasteiger partial charge in [0, 0.05) is 0 Å². The molecule has 0 bridgehead atoms. The Morgan fingerprint density at radius 3 is 0.487 bits per heavy atom. The quantitative estimate of drug-likeness (QED) is 0.133. The molecule has 0 aliphatic rings. The summed E-state index contributed by atoms with van der Waals surface area (Å²) in [6, 6.07) is 36.6. The molecule has 0 radical (unpaired) electrons. The van der Waals surface area contributed by atoms with E-state index in [0.29, 0.717) is 0 Å². The van der Waals surface area contributed by atoms with Crippen LogP contribution in [0, 0.1) is 0 Å². The fourth-order valence-electron chi connectivity index (χ4n) is 14.4. The third-order valence-corrected chi connectivity index (χ3v) is 19.1. The lowest BCUT2D eigenvalue weighted by Crippen LogP contribution is -2.16. The monoisotopic (exact) mass is 1020 g/mol. The van der Waals surface area contributed by atoms with Crippen molar-refractivity contribution in [3.63, 3.8) is 0 Å². The zero-order valence-corrected chi connectivity index (χ0v) is 52.1. The van der Waals surface area contributed by atoms with Gasteiger partial charge in [0.1, 0.15) is 0 Å². The lowest BCUT2D eigenvalue weighted by atomic mass is 9.78. The van der Waals surface area contributed by atoms with Crippen LogP contribution in [0.3, 0.4) is 0 Å². The van der Waals surface area contributed by atoms with Gasteiger partial charge in [-0.1, -0.05) is 178 Å². The molecule has 13 rings (SSSR count). The highest BCUT2D eigenvalue weighted by atomic mass is 14.4. The number of benzene rings is 9. The van der Waals surface area contributed by atoms with E-state index in [0.717, 1.165) is 0 Å². The fraction of sp³-hybridized carbons (Fsp3) is 0.410. The summed E-state index contributed by atoms with van der Waals surface area (Å²) in [6.45, 7) is 57.9. The van der Waals surface area contributed by atoms with Crippen LogP contribution in [-0.4, -0.2) is 0 Å². The second-order valence-corrected chi connectivity index (χ2v) is 33.1. The van der Waals surface area contributed by atoms with E-state index in [1.807, 2.05) is 0 Å². The zero-order valence-electron chi connectivity index (χ0n) is 52.1. The van der Waals surface area contributed by atoms with Gasteiger partial charge in [-0.05, 0) is 290 Å². The molecule has 0 spiro atoms. The van der Waals surface area contributed by atoms with Gasteiger partial charge >= 0.3 is 0 Å². The Hall–Kier alpha value is -5.98. The summed E-state index contributed by atoms with van der Waals surface area (Å²) in [6.07, 6.45) is 0. The molecule has 0 heteroatoms. The van der Waals surface area contributed by atoms with Gasteiger partial charge in [-0.2, -0.15) is 0 Å². The Kier molecular flexibility index (Phi) is 9.94. The van der Waals surface area contributed by atoms with Crippen LogP contribution in [0.15, 0.2) is 84.9 Å². The molecule has 0 saturated heterocycles. The van der Waals surface area contributed by atoms with Crippen LogP contribution in [0.5, 0.6) is 0 Å². The van der Waals surface area contributed by atoms with Crippen LogP contribution in [0.1, 0.15) is 211 Å². The summed E-state index contributed by atoms with van der Waals surface area (Å²) < 4.78 is 0. The van der Waals surface area contributed by atoms with Crippen molar-refractivity contribution in [1.82, 2.24) is 0 Å². The van der Waals surface area contributed by atoms with E-state index in [1.165, 1.54) is 174 Å². The van der Waals surface area contributed by atoms with E-state index in [4.69, 9.17) is 0 Å². The van der Waals surface area contributed by atoms with E-state index >= 15 is 0 Å². The van der Waals surface area contributed by atoms with Crippen molar-refractivity contribution in [3.05, 3.63) is 129 Å². The Morgan fingerprint density at radius 2 is 0.295 bits per heavy atom. The molecular weight excluding hydrogens is 937 g/mol. The van der Waals surface area contributed by atoms with Crippen molar-refractivity contribution in [1.29, 1.82) is 0 Å². The number of hydrogen-bond acceptors (Lipinski definition) is 0. The minimum atomic E-state index is -0.0727. The molecule has 0 N–H and O–H groups in total. The summed E-state index contributed by atoms with van der Waals surface area (Å²) in [5.74, 6) is 0. The van der Waals surface area contributed by atoms with Gasteiger partial charge in [0.15, 0.2) is 0 Å². The molecule has 0 unspecified atom stereocenters. The summed E-state index contributed by atoms with van der Waals surface area (Å²) in [7, 11) is 0. The Labute approximate surface area is 465 Å². The first-order valence-corrected chi connectivity index (χ1v) is 29.6. The van der Waals surface area contributed by atoms with E-state index in [9.17, 15) is 0 Å². The molecule has 398 valence electrons. The minimum Gasteiger partial charge on any atom is -0.0561 e. The van der Waals surface area contributed by atoms with Crippen molar-refractivity contribution in [2.24, 2.45) is 0 Å². The zero-order chi connectivity index (χ0) is 56.4. The highest BCUT2D eigenvalue weighted by molar-refractivity contribution is 6.52. The van der Waals surface area contributed by atoms with Crippen molar-refractivity contribution in [2.45, 2.75) is 209 Å². The number of fused-ring (bicyclic) bond motifs is 16. The standard InChI is InChI=1S/C78H86/c1-71(2,3)39-25-47-45-37-50-46(38-49(45)65-57-31-41(73(7,8)9)27-51-61-53(69(67(51)57)55(29-39)63(47)65)33-43(75(13,14)15)35-59(61)77(19,20)21)48-26-40(72(4,5)6)30-56-64(48)66(50)58-32-42(74(10,11)12)28-52-62-54(70(56)68(52)58)34-44(76(16,17)18)36-60(62)78(22,23)24/h25-38H,1-24H3. The largest absolute Gasteiger partial charge is 0.0561 e. The van der Waals surface area contributed by atoms with Gasteiger partial charge in [-0.15, -0.1) is 0 Å². The van der Waals surface area contributed by atoms with Gasteiger partial charge in [0.25, 0.3) is 0 Å². The second-order valence-electron chi connectivity index (χ2n) is 33.1. The topological polar surface area (TPSA) is 0 Å². The van der Waals surface area contributed by atoms with E-state index in [-0.39, 0.29) is 43.3 Å². The van der Waals surface area contributed by atoms with Crippen LogP contribution >= 0.6 is 0 Å². The lowest BCUT2D eigenvalue weighted by Gasteiger charge is -2.26. The molecular formula is C78H86. The van der Waals surface area contributed by atoms with Crippen molar-refractivity contribution in [3.8, 4) is 0 Å². The normalized spacial score (nSPS) is 14.7. The third kappa shape index (κ3) is 7.02. The SMILES string of the molecule is CC(C)(C)c1cc(C(C)(C)C)c2c(c1)c1c3cc(C(C)(C)C)cc4c5cc6c(cc5c(c5cc(C(C)(C)C)cc2c51)c43)c1cc(C(C)(C)C)cc2c1c6c1cc(C(C)(C)C)cc3c4c(C(C)(C)C)cc(C(C)(C)C)cc4c2c31. The summed E-state index contributed by atoms with van der Waals surface area (Å²) in [5, 5.41) is 33.9. The van der Waals surface area contributed by atoms with Crippen molar-refractivity contribution in [2.75, 3.05) is 0 Å². The fourth-order valence-corrected chi connectivity index (χ4v) is 14.4. The Morgan fingerprint density at radius 1 is 0.141 bits per heavy atom. The molecule has 0 saturated carbocycles. The van der Waals surface area contributed by atoms with Crippen LogP contribution in [-0.2, 0) is 43.3 Å². The summed E-state index contributed by atoms with van der Waals surface area (Å²) in [4.78, 5) is 0. The first-order chi connectivity index (χ1) is 35.7. The second kappa shape index (κ2) is 15.1. The highest BCUT2D eigenvalue weighted by Crippen LogP contribution is 2.58. The molecule has 0 nitrogen and oxygen atoms in total. The summed E-state index contributed by atoms with van der Waals surface area (Å²) in [5.41, 5.74) is 10.9. The van der Waals surface area contributed by atoms with Crippen molar-refractivity contribution < 1.29 is 0 Å². The Bertz CT molecular complexity index is 4430. The number of hydrogen-bond donors (Lipinski definition) is 0. The van der Waals surface area contributed by atoms with Crippen LogP contribution in [0.2, 0.25) is 0 Å². The van der Waals surface area contributed by atoms with E-state index < -0.39 is 0 Å². The maximum Gasteiger partial charge on any atom is -0.00133 e. The summed E-state index contributed by atoms with van der Waals surface area (Å²) >= 11 is 0. The smallest absolute Gasteiger partial charge is 0.00133 e. The first-order valence-electron chi connectivity index (χ1n) is 29.6. The Balaban J connectivity index is 1.33. The molecule has 0 atom stereocenters. The predicted octanol–water partition coefficient (Wildman–Crippen LogP) is 23.7. The predicted molar refractivity (Wildman–Crippen MR) is 351 cm³/mol. The van der Waals surface area contributed by atoms with Gasteiger partial charge in [0.05, 0.1) is 0 Å². The molecule has 0 aliphatic heterocycles. The average Bonchev–Trinajstić information content (AvgIpc) is 3.53. The molecule has 78 heavy (non-hydrogen) atoms. The molecule has 13 aromatic rings. The van der Waals surface area contributed by atoms with E-state index in [2.05, 4.69) is 251 Å². The van der Waals surface area contributed by atoms with Gasteiger partial charge in [-0.3, -0.25) is 0 Å². The highest BCUT2D eigenvalue weighted by Gasteiger charge is 2.35. The van der Waals surface area contributed by atoms with Crippen LogP contribution < -0.4 is 0 Å². The average molecular weight is 1020 g/mol.